The zero-order valence-electron chi connectivity index (χ0n) is 19.6. The maximum atomic E-state index is 14.5. The number of anilines is 2. The number of carbonyl (C=O) groups is 3. The predicted octanol–water partition coefficient (Wildman–Crippen LogP) is 4.38. The molecule has 2 amide bonds. The summed E-state index contributed by atoms with van der Waals surface area (Å²) in [7, 11) is 0. The fourth-order valence-electron chi connectivity index (χ4n) is 7.42. The van der Waals surface area contributed by atoms with Crippen LogP contribution in [0.25, 0.3) is 0 Å². The summed E-state index contributed by atoms with van der Waals surface area (Å²) in [6.45, 7) is 4.69. The van der Waals surface area contributed by atoms with Gasteiger partial charge in [0.25, 0.3) is 0 Å². The fraction of sp³-hybridized carbons (Fsp3) is 0.321. The molecule has 4 aliphatic rings. The number of Topliss-reactive ketones (excluding diaryl/α,β-unsaturated/α-hetero) is 1. The van der Waals surface area contributed by atoms with Gasteiger partial charge in [-0.05, 0) is 67.4 Å². The number of nitrogens with zero attached hydrogens (tertiary/aromatic N) is 1. The SMILES string of the molecule is Cc1ccc2c(c1C)NC(=O)[C@]21[C@@H](C(=O)c2cccs2)[C@]2(C(=O)Nc3ccccc32)[C@@H]2CCCN21. The molecule has 5 heterocycles. The van der Waals surface area contributed by atoms with Gasteiger partial charge in [0, 0.05) is 23.0 Å². The van der Waals surface area contributed by atoms with E-state index in [1.54, 1.807) is 0 Å². The molecule has 0 bridgehead atoms. The molecule has 2 spiro atoms. The lowest BCUT2D eigenvalue weighted by Crippen LogP contribution is -2.55. The van der Waals surface area contributed by atoms with Crippen LogP contribution in [0, 0.1) is 19.8 Å². The number of para-hydroxylation sites is 1. The topological polar surface area (TPSA) is 78.5 Å². The molecule has 2 N–H and O–H groups in total. The standard InChI is InChI=1S/C28H25N3O3S/c1-15-11-12-18-22(16(15)2)30-26(34)28(18)24(23(32)20-9-6-14-35-20)27(21-10-5-13-31(21)28)17-7-3-4-8-19(17)29-25(27)33/h3-4,6-9,11-12,14,21,24H,5,10,13H2,1-2H3,(H,29,33)(H,30,34)/t21-,24-,27+,28+/m0/s1. The van der Waals surface area contributed by atoms with Crippen molar-refractivity contribution < 1.29 is 14.4 Å². The van der Waals surface area contributed by atoms with Gasteiger partial charge in [0.15, 0.2) is 5.78 Å². The Morgan fingerprint density at radius 2 is 1.83 bits per heavy atom. The Kier molecular flexibility index (Phi) is 4.14. The molecular weight excluding hydrogens is 458 g/mol. The zero-order chi connectivity index (χ0) is 24.1. The highest BCUT2D eigenvalue weighted by atomic mass is 32.1. The van der Waals surface area contributed by atoms with E-state index in [1.807, 2.05) is 67.8 Å². The van der Waals surface area contributed by atoms with E-state index < -0.39 is 16.9 Å². The van der Waals surface area contributed by atoms with Gasteiger partial charge in [-0.25, -0.2) is 0 Å². The summed E-state index contributed by atoms with van der Waals surface area (Å²) < 4.78 is 0. The first-order valence-corrected chi connectivity index (χ1v) is 13.0. The summed E-state index contributed by atoms with van der Waals surface area (Å²) in [5.41, 5.74) is 2.87. The number of nitrogens with one attached hydrogen (secondary N) is 2. The normalized spacial score (nSPS) is 30.5. The molecule has 4 atom stereocenters. The Balaban J connectivity index is 1.60. The van der Waals surface area contributed by atoms with Crippen molar-refractivity contribution in [2.75, 3.05) is 17.2 Å². The second-order valence-corrected chi connectivity index (χ2v) is 11.1. The van der Waals surface area contributed by atoms with E-state index >= 15 is 0 Å². The molecule has 35 heavy (non-hydrogen) atoms. The van der Waals surface area contributed by atoms with Crippen LogP contribution in [0.3, 0.4) is 0 Å². The van der Waals surface area contributed by atoms with Crippen molar-refractivity contribution in [3.63, 3.8) is 0 Å². The van der Waals surface area contributed by atoms with Gasteiger partial charge in [0.05, 0.1) is 10.8 Å². The first-order valence-electron chi connectivity index (χ1n) is 12.1. The van der Waals surface area contributed by atoms with E-state index in [0.29, 0.717) is 11.4 Å². The van der Waals surface area contributed by atoms with Crippen molar-refractivity contribution in [1.82, 2.24) is 4.90 Å². The third kappa shape index (κ3) is 2.27. The summed E-state index contributed by atoms with van der Waals surface area (Å²) in [4.78, 5) is 45.7. The van der Waals surface area contributed by atoms with Crippen molar-refractivity contribution in [3.05, 3.63) is 81.0 Å². The van der Waals surface area contributed by atoms with Crippen LogP contribution >= 0.6 is 11.3 Å². The molecule has 6 nitrogen and oxygen atoms in total. The molecule has 7 rings (SSSR count). The number of rotatable bonds is 2. The second kappa shape index (κ2) is 6.89. The van der Waals surface area contributed by atoms with Crippen molar-refractivity contribution in [2.45, 2.75) is 43.7 Å². The minimum Gasteiger partial charge on any atom is -0.325 e. The van der Waals surface area contributed by atoms with Crippen LogP contribution in [0.5, 0.6) is 0 Å². The minimum absolute atomic E-state index is 0.137. The van der Waals surface area contributed by atoms with E-state index in [9.17, 15) is 14.4 Å². The van der Waals surface area contributed by atoms with Crippen LogP contribution in [-0.2, 0) is 20.5 Å². The molecule has 0 radical (unpaired) electrons. The van der Waals surface area contributed by atoms with E-state index in [1.165, 1.54) is 11.3 Å². The first-order chi connectivity index (χ1) is 16.9. The van der Waals surface area contributed by atoms with Crippen LogP contribution in [0.15, 0.2) is 53.9 Å². The predicted molar refractivity (Wildman–Crippen MR) is 135 cm³/mol. The number of thiophene rings is 1. The minimum atomic E-state index is -1.25. The van der Waals surface area contributed by atoms with Crippen LogP contribution < -0.4 is 10.6 Å². The number of hydrogen-bond donors (Lipinski definition) is 2. The molecular formula is C28H25N3O3S. The number of ketones is 1. The highest BCUT2D eigenvalue weighted by Crippen LogP contribution is 2.66. The Labute approximate surface area is 207 Å². The summed E-state index contributed by atoms with van der Waals surface area (Å²) in [6.07, 6.45) is 1.63. The van der Waals surface area contributed by atoms with Gasteiger partial charge in [-0.1, -0.05) is 36.4 Å². The number of aryl methyl sites for hydroxylation is 1. The average molecular weight is 484 g/mol. The summed E-state index contributed by atoms with van der Waals surface area (Å²) >= 11 is 1.37. The van der Waals surface area contributed by atoms with Gasteiger partial charge in [-0.2, -0.15) is 0 Å². The molecule has 0 saturated carbocycles. The largest absolute Gasteiger partial charge is 0.325 e. The van der Waals surface area contributed by atoms with Crippen molar-refractivity contribution in [1.29, 1.82) is 0 Å². The molecule has 1 aromatic heterocycles. The number of hydrogen-bond acceptors (Lipinski definition) is 5. The van der Waals surface area contributed by atoms with Gasteiger partial charge >= 0.3 is 0 Å². The zero-order valence-corrected chi connectivity index (χ0v) is 20.4. The van der Waals surface area contributed by atoms with Crippen LogP contribution in [0.1, 0.15) is 44.8 Å². The highest BCUT2D eigenvalue weighted by molar-refractivity contribution is 7.12. The monoisotopic (exact) mass is 483 g/mol. The Morgan fingerprint density at radius 3 is 2.63 bits per heavy atom. The molecule has 3 aromatic rings. The summed E-state index contributed by atoms with van der Waals surface area (Å²) in [5, 5.41) is 8.14. The molecule has 4 aliphatic heterocycles. The molecule has 2 aromatic carbocycles. The number of benzene rings is 2. The van der Waals surface area contributed by atoms with Crippen molar-refractivity contribution in [3.8, 4) is 0 Å². The maximum Gasteiger partial charge on any atom is 0.250 e. The van der Waals surface area contributed by atoms with E-state index in [0.717, 1.165) is 46.5 Å². The van der Waals surface area contributed by atoms with E-state index in [-0.39, 0.29) is 23.6 Å². The van der Waals surface area contributed by atoms with Gasteiger partial charge < -0.3 is 10.6 Å². The number of fused-ring (bicyclic) bond motifs is 7. The van der Waals surface area contributed by atoms with Gasteiger partial charge in [0.1, 0.15) is 11.0 Å². The highest BCUT2D eigenvalue weighted by Gasteiger charge is 2.78. The van der Waals surface area contributed by atoms with Gasteiger partial charge in [-0.3, -0.25) is 19.3 Å². The average Bonchev–Trinajstić information content (AvgIpc) is 3.65. The maximum absolute atomic E-state index is 14.5. The smallest absolute Gasteiger partial charge is 0.250 e. The molecule has 2 saturated heterocycles. The lowest BCUT2D eigenvalue weighted by atomic mass is 9.60. The third-order valence-corrected chi connectivity index (χ3v) is 9.74. The van der Waals surface area contributed by atoms with E-state index in [2.05, 4.69) is 15.5 Å². The quantitative estimate of drug-likeness (QED) is 0.531. The van der Waals surface area contributed by atoms with Gasteiger partial charge in [0.2, 0.25) is 11.8 Å². The molecule has 0 aliphatic carbocycles. The van der Waals surface area contributed by atoms with Crippen LogP contribution in [0.4, 0.5) is 11.4 Å². The molecule has 7 heteroatoms. The van der Waals surface area contributed by atoms with E-state index in [4.69, 9.17) is 0 Å². The number of amides is 2. The molecule has 176 valence electrons. The third-order valence-electron chi connectivity index (χ3n) is 8.86. The second-order valence-electron chi connectivity index (χ2n) is 10.1. The van der Waals surface area contributed by atoms with Crippen molar-refractivity contribution in [2.24, 2.45) is 5.92 Å². The van der Waals surface area contributed by atoms with Crippen LogP contribution in [0.2, 0.25) is 0 Å². The Morgan fingerprint density at radius 1 is 1.00 bits per heavy atom. The van der Waals surface area contributed by atoms with Gasteiger partial charge in [-0.15, -0.1) is 11.3 Å². The summed E-state index contributed by atoms with van der Waals surface area (Å²) in [5.74, 6) is -1.39. The Bertz CT molecular complexity index is 1450. The number of carbonyl (C=O) groups excluding carboxylic acids is 3. The van der Waals surface area contributed by atoms with Crippen molar-refractivity contribution >= 4 is 40.3 Å². The summed E-state index contributed by atoms with van der Waals surface area (Å²) in [6, 6.07) is 15.1. The molecule has 0 unspecified atom stereocenters. The Hall–Kier alpha value is -3.29. The first kappa shape index (κ1) is 21.0. The molecule has 2 fully saturated rings. The van der Waals surface area contributed by atoms with Crippen LogP contribution in [-0.4, -0.2) is 35.1 Å². The fourth-order valence-corrected chi connectivity index (χ4v) is 8.12. The lowest BCUT2D eigenvalue weighted by Gasteiger charge is -2.38. The lowest BCUT2D eigenvalue weighted by molar-refractivity contribution is -0.128.